The van der Waals surface area contributed by atoms with E-state index in [-0.39, 0.29) is 17.7 Å². The Labute approximate surface area is 173 Å². The summed E-state index contributed by atoms with van der Waals surface area (Å²) in [4.78, 5) is 16.6. The van der Waals surface area contributed by atoms with Crippen molar-refractivity contribution in [3.63, 3.8) is 0 Å². The number of nitrogens with zero attached hydrogens (tertiary/aromatic N) is 4. The van der Waals surface area contributed by atoms with E-state index in [0.29, 0.717) is 5.16 Å². The van der Waals surface area contributed by atoms with Crippen LogP contribution in [0.2, 0.25) is 0 Å². The first-order valence-electron chi connectivity index (χ1n) is 9.32. The number of nitrogens with one attached hydrogen (secondary N) is 1. The Morgan fingerprint density at radius 1 is 1.10 bits per heavy atom. The number of carbonyl (C=O) groups excluding carboxylic acids is 1. The highest BCUT2D eigenvalue weighted by atomic mass is 32.2. The molecule has 0 bridgehead atoms. The molecule has 1 N–H and O–H groups in total. The van der Waals surface area contributed by atoms with E-state index in [1.54, 1.807) is 12.4 Å². The van der Waals surface area contributed by atoms with E-state index in [2.05, 4.69) is 50.8 Å². The van der Waals surface area contributed by atoms with Crippen molar-refractivity contribution in [3.8, 4) is 11.4 Å². The van der Waals surface area contributed by atoms with Crippen molar-refractivity contribution in [3.05, 3.63) is 72.6 Å². The molecule has 0 fully saturated rings. The molecular weight excluding hydrogens is 382 g/mol. The minimum atomic E-state index is -0.0712. The van der Waals surface area contributed by atoms with Gasteiger partial charge in [-0.05, 0) is 41.5 Å². The van der Waals surface area contributed by atoms with Crippen LogP contribution >= 0.6 is 11.8 Å². The Bertz CT molecular complexity index is 1140. The molecule has 4 aromatic rings. The summed E-state index contributed by atoms with van der Waals surface area (Å²) in [7, 11) is 1.89. The predicted octanol–water partition coefficient (Wildman–Crippen LogP) is 4.00. The van der Waals surface area contributed by atoms with E-state index >= 15 is 0 Å². The molecule has 2 heterocycles. The fourth-order valence-electron chi connectivity index (χ4n) is 3.16. The lowest BCUT2D eigenvalue weighted by atomic mass is 10.0. The standard InChI is InChI=1S/C22H21N5OS/c1-15(17-10-9-16-6-3-4-7-18(16)12-17)24-20(28)14-29-22-26-25-21(27(22)2)19-8-5-11-23-13-19/h3-13,15H,14H2,1-2H3,(H,24,28). The zero-order chi connectivity index (χ0) is 20.2. The number of hydrogen-bond acceptors (Lipinski definition) is 5. The Balaban J connectivity index is 1.38. The molecule has 0 saturated carbocycles. The predicted molar refractivity (Wildman–Crippen MR) is 115 cm³/mol. The van der Waals surface area contributed by atoms with Crippen LogP contribution in [0.4, 0.5) is 0 Å². The van der Waals surface area contributed by atoms with Gasteiger partial charge in [-0.3, -0.25) is 9.78 Å². The monoisotopic (exact) mass is 403 g/mol. The van der Waals surface area contributed by atoms with Crippen LogP contribution in [0.15, 0.2) is 72.1 Å². The molecule has 0 aliphatic rings. The van der Waals surface area contributed by atoms with Gasteiger partial charge in [0.2, 0.25) is 5.91 Å². The number of amides is 1. The number of rotatable bonds is 6. The topological polar surface area (TPSA) is 72.7 Å². The van der Waals surface area contributed by atoms with Crippen LogP contribution in [0.1, 0.15) is 18.5 Å². The zero-order valence-electron chi connectivity index (χ0n) is 16.2. The van der Waals surface area contributed by atoms with Crippen molar-refractivity contribution in [2.45, 2.75) is 18.1 Å². The molecular formula is C22H21N5OS. The zero-order valence-corrected chi connectivity index (χ0v) is 17.1. The Morgan fingerprint density at radius 3 is 2.72 bits per heavy atom. The third kappa shape index (κ3) is 4.30. The SMILES string of the molecule is CC(NC(=O)CSc1nnc(-c2cccnc2)n1C)c1ccc2ccccc2c1. The van der Waals surface area contributed by atoms with E-state index in [9.17, 15) is 4.79 Å². The van der Waals surface area contributed by atoms with Crippen molar-refractivity contribution in [2.75, 3.05) is 5.75 Å². The maximum Gasteiger partial charge on any atom is 0.230 e. The van der Waals surface area contributed by atoms with Gasteiger partial charge in [0, 0.05) is 25.0 Å². The molecule has 0 aliphatic carbocycles. The average molecular weight is 404 g/mol. The van der Waals surface area contributed by atoms with Crippen molar-refractivity contribution < 1.29 is 4.79 Å². The van der Waals surface area contributed by atoms with Crippen molar-refractivity contribution in [1.29, 1.82) is 0 Å². The third-order valence-corrected chi connectivity index (χ3v) is 5.76. The number of fused-ring (bicyclic) bond motifs is 1. The molecule has 7 heteroatoms. The molecule has 0 aliphatic heterocycles. The Hall–Kier alpha value is -3.19. The average Bonchev–Trinajstić information content (AvgIpc) is 3.12. The van der Waals surface area contributed by atoms with Crippen LogP contribution in [0, 0.1) is 0 Å². The van der Waals surface area contributed by atoms with Crippen LogP contribution in [-0.4, -0.2) is 31.4 Å². The Morgan fingerprint density at radius 2 is 1.93 bits per heavy atom. The highest BCUT2D eigenvalue weighted by molar-refractivity contribution is 7.99. The van der Waals surface area contributed by atoms with Crippen molar-refractivity contribution >= 4 is 28.4 Å². The minimum Gasteiger partial charge on any atom is -0.349 e. The quantitative estimate of drug-likeness (QED) is 0.493. The normalized spacial score (nSPS) is 12.1. The molecule has 146 valence electrons. The van der Waals surface area contributed by atoms with Gasteiger partial charge in [0.1, 0.15) is 0 Å². The third-order valence-electron chi connectivity index (χ3n) is 4.74. The van der Waals surface area contributed by atoms with E-state index < -0.39 is 0 Å². The number of benzene rings is 2. The van der Waals surface area contributed by atoms with Crippen LogP contribution in [0.5, 0.6) is 0 Å². The first-order valence-corrected chi connectivity index (χ1v) is 10.3. The molecule has 4 rings (SSSR count). The van der Waals surface area contributed by atoms with E-state index in [1.807, 2.05) is 42.8 Å². The number of thioether (sulfide) groups is 1. The molecule has 1 unspecified atom stereocenters. The summed E-state index contributed by atoms with van der Waals surface area (Å²) in [6.45, 7) is 2.00. The summed E-state index contributed by atoms with van der Waals surface area (Å²) in [5, 5.41) is 14.5. The highest BCUT2D eigenvalue weighted by Gasteiger charge is 2.15. The van der Waals surface area contributed by atoms with Gasteiger partial charge in [-0.25, -0.2) is 0 Å². The van der Waals surface area contributed by atoms with Gasteiger partial charge >= 0.3 is 0 Å². The summed E-state index contributed by atoms with van der Waals surface area (Å²) < 4.78 is 1.88. The maximum absolute atomic E-state index is 12.5. The van der Waals surface area contributed by atoms with Gasteiger partial charge < -0.3 is 9.88 Å². The van der Waals surface area contributed by atoms with Gasteiger partial charge in [0.25, 0.3) is 0 Å². The van der Waals surface area contributed by atoms with Crippen LogP contribution in [0.25, 0.3) is 22.2 Å². The van der Waals surface area contributed by atoms with E-state index in [4.69, 9.17) is 0 Å². The summed E-state index contributed by atoms with van der Waals surface area (Å²) in [5.74, 6) is 0.962. The molecule has 6 nitrogen and oxygen atoms in total. The summed E-state index contributed by atoms with van der Waals surface area (Å²) in [6, 6.07) is 18.2. The fraction of sp³-hybridized carbons (Fsp3) is 0.182. The first kappa shape index (κ1) is 19.1. The lowest BCUT2D eigenvalue weighted by molar-refractivity contribution is -0.119. The second-order valence-electron chi connectivity index (χ2n) is 6.79. The molecule has 1 atom stereocenters. The van der Waals surface area contributed by atoms with Crippen molar-refractivity contribution in [2.24, 2.45) is 7.05 Å². The first-order chi connectivity index (χ1) is 14.1. The smallest absolute Gasteiger partial charge is 0.230 e. The van der Waals surface area contributed by atoms with Crippen molar-refractivity contribution in [1.82, 2.24) is 25.1 Å². The summed E-state index contributed by atoms with van der Waals surface area (Å²) >= 11 is 1.37. The highest BCUT2D eigenvalue weighted by Crippen LogP contribution is 2.23. The van der Waals surface area contributed by atoms with Crippen LogP contribution < -0.4 is 5.32 Å². The summed E-state index contributed by atoms with van der Waals surface area (Å²) in [6.07, 6.45) is 3.47. The van der Waals surface area contributed by atoms with Crippen LogP contribution in [-0.2, 0) is 11.8 Å². The Kier molecular flexibility index (Phi) is 5.57. The minimum absolute atomic E-state index is 0.0402. The lowest BCUT2D eigenvalue weighted by Crippen LogP contribution is -2.28. The summed E-state index contributed by atoms with van der Waals surface area (Å²) in [5.41, 5.74) is 1.98. The lowest BCUT2D eigenvalue weighted by Gasteiger charge is -2.15. The number of carbonyl (C=O) groups is 1. The van der Waals surface area contributed by atoms with Gasteiger partial charge in [-0.2, -0.15) is 0 Å². The molecule has 29 heavy (non-hydrogen) atoms. The number of pyridine rings is 1. The van der Waals surface area contributed by atoms with Gasteiger partial charge in [0.05, 0.1) is 11.8 Å². The second kappa shape index (κ2) is 8.45. The number of aromatic nitrogens is 4. The van der Waals surface area contributed by atoms with E-state index in [0.717, 1.165) is 17.0 Å². The molecule has 2 aromatic carbocycles. The van der Waals surface area contributed by atoms with Crippen LogP contribution in [0.3, 0.4) is 0 Å². The molecule has 0 radical (unpaired) electrons. The molecule has 0 spiro atoms. The largest absolute Gasteiger partial charge is 0.349 e. The molecule has 0 saturated heterocycles. The second-order valence-corrected chi connectivity index (χ2v) is 7.73. The molecule has 2 aromatic heterocycles. The van der Waals surface area contributed by atoms with Gasteiger partial charge in [0.15, 0.2) is 11.0 Å². The maximum atomic E-state index is 12.5. The van der Waals surface area contributed by atoms with Gasteiger partial charge in [-0.1, -0.05) is 48.2 Å². The van der Waals surface area contributed by atoms with Gasteiger partial charge in [-0.15, -0.1) is 10.2 Å². The number of hydrogen-bond donors (Lipinski definition) is 1. The fourth-order valence-corrected chi connectivity index (χ4v) is 3.88. The molecule has 1 amide bonds. The van der Waals surface area contributed by atoms with E-state index in [1.165, 1.54) is 22.5 Å².